The molecule has 2 aliphatic heterocycles. The number of rotatable bonds is 11. The van der Waals surface area contributed by atoms with Crippen LogP contribution in [0.15, 0.2) is 60.7 Å². The van der Waals surface area contributed by atoms with Gasteiger partial charge in [-0.3, -0.25) is 19.2 Å². The first-order valence-corrected chi connectivity index (χ1v) is 19.8. The highest BCUT2D eigenvalue weighted by atomic mass is 16.5. The fraction of sp³-hybridized carbons (Fsp3) is 0.488. The number of carbonyl (C=O) groups excluding carboxylic acids is 6. The summed E-state index contributed by atoms with van der Waals surface area (Å²) < 4.78 is 9.48. The molecule has 3 unspecified atom stereocenters. The maximum Gasteiger partial charge on any atom is 0.407 e. The van der Waals surface area contributed by atoms with Gasteiger partial charge in [-0.2, -0.15) is 0 Å². The van der Waals surface area contributed by atoms with Gasteiger partial charge in [0.1, 0.15) is 23.7 Å². The molecule has 304 valence electrons. The maximum absolute atomic E-state index is 14.0. The molecule has 57 heavy (non-hydrogen) atoms. The molecule has 5 atom stereocenters. The Kier molecular flexibility index (Phi) is 12.4. The van der Waals surface area contributed by atoms with Gasteiger partial charge in [0, 0.05) is 24.5 Å². The van der Waals surface area contributed by atoms with E-state index in [0.29, 0.717) is 43.7 Å². The number of methoxy groups -OCH3 is 2. The lowest BCUT2D eigenvalue weighted by Gasteiger charge is -2.40. The van der Waals surface area contributed by atoms with Gasteiger partial charge in [0.2, 0.25) is 23.6 Å². The third kappa shape index (κ3) is 8.69. The number of likely N-dealkylation sites (tertiary alicyclic amines) is 2. The fourth-order valence-electron chi connectivity index (χ4n) is 8.52. The number of amides is 6. The molecule has 3 aromatic carbocycles. The maximum atomic E-state index is 14.0. The number of nitrogens with zero attached hydrogens (tertiary/aromatic N) is 2. The molecule has 3 fully saturated rings. The summed E-state index contributed by atoms with van der Waals surface area (Å²) in [7, 11) is 2.50. The lowest BCUT2D eigenvalue weighted by atomic mass is 9.92. The van der Waals surface area contributed by atoms with E-state index in [1.54, 1.807) is 9.80 Å². The highest BCUT2D eigenvalue weighted by Gasteiger charge is 2.58. The first-order chi connectivity index (χ1) is 27.2. The third-order valence-electron chi connectivity index (χ3n) is 11.7. The number of anilines is 2. The van der Waals surface area contributed by atoms with Crippen LogP contribution in [-0.2, 0) is 28.7 Å². The molecule has 2 heterocycles. The largest absolute Gasteiger partial charge is 0.453 e. The minimum Gasteiger partial charge on any atom is -0.453 e. The van der Waals surface area contributed by atoms with Gasteiger partial charge in [-0.05, 0) is 109 Å². The average molecular weight is 783 g/mol. The Labute approximate surface area is 333 Å². The minimum absolute atomic E-state index is 0.195. The average Bonchev–Trinajstić information content (AvgIpc) is 3.82. The quantitative estimate of drug-likeness (QED) is 0.186. The van der Waals surface area contributed by atoms with Crippen molar-refractivity contribution >= 4 is 58.0 Å². The van der Waals surface area contributed by atoms with Crippen molar-refractivity contribution in [3.8, 4) is 11.1 Å². The smallest absolute Gasteiger partial charge is 0.407 e. The number of hydrogen-bond donors (Lipinski definition) is 4. The number of benzene rings is 3. The molecule has 6 rings (SSSR count). The lowest BCUT2D eigenvalue weighted by Crippen LogP contribution is -2.61. The van der Waals surface area contributed by atoms with E-state index in [9.17, 15) is 28.8 Å². The van der Waals surface area contributed by atoms with Gasteiger partial charge in [-0.1, -0.05) is 58.0 Å². The van der Waals surface area contributed by atoms with Crippen molar-refractivity contribution in [2.24, 2.45) is 17.8 Å². The Morgan fingerprint density at radius 1 is 0.702 bits per heavy atom. The molecule has 14 heteroatoms. The molecule has 14 nitrogen and oxygen atoms in total. The second kappa shape index (κ2) is 17.2. The summed E-state index contributed by atoms with van der Waals surface area (Å²) in [6.07, 6.45) is 2.73. The van der Waals surface area contributed by atoms with Crippen LogP contribution in [0.5, 0.6) is 0 Å². The van der Waals surface area contributed by atoms with Crippen molar-refractivity contribution in [3.63, 3.8) is 0 Å². The molecule has 4 N–H and O–H groups in total. The summed E-state index contributed by atoms with van der Waals surface area (Å²) >= 11 is 0. The number of fused-ring (bicyclic) bond motifs is 3. The van der Waals surface area contributed by atoms with E-state index in [-0.39, 0.29) is 41.4 Å². The second-order valence-electron chi connectivity index (χ2n) is 16.1. The van der Waals surface area contributed by atoms with Gasteiger partial charge in [0.05, 0.1) is 14.2 Å². The topological polar surface area (TPSA) is 175 Å². The normalized spacial score (nSPS) is 21.2. The van der Waals surface area contributed by atoms with Crippen LogP contribution >= 0.6 is 0 Å². The zero-order valence-corrected chi connectivity index (χ0v) is 33.6. The number of nitrogens with one attached hydrogen (secondary N) is 4. The van der Waals surface area contributed by atoms with E-state index in [0.717, 1.165) is 41.2 Å². The third-order valence-corrected chi connectivity index (χ3v) is 11.7. The Morgan fingerprint density at radius 3 is 1.93 bits per heavy atom. The monoisotopic (exact) mass is 782 g/mol. The van der Waals surface area contributed by atoms with Crippen LogP contribution in [0.4, 0.5) is 21.0 Å². The van der Waals surface area contributed by atoms with Crippen molar-refractivity contribution in [1.29, 1.82) is 0 Å². The Balaban J connectivity index is 1.11. The standard InChI is InChI=1S/C43H54N6O8/c1-25(2)35(46-41(54)56-5)38(51)48-20-8-7-9-34(48)37(50)44-32-15-12-28(13-16-32)29-10-11-31-22-33(17-14-30(31)21-29)45-40(53)43-19-18-27(23-43)24-49(43)39(52)36(26(3)4)47-42(55)57-6/h10-17,21-22,25-27,34-36H,7-9,18-20,23-24H2,1-6H3,(H,44,50)(H,45,53)(H,46,54)(H,47,55)/t27?,34?,35-,36-,43?/m0/s1. The molecule has 1 aliphatic carbocycles. The molecule has 0 aromatic heterocycles. The van der Waals surface area contributed by atoms with Crippen LogP contribution in [0, 0.1) is 17.8 Å². The van der Waals surface area contributed by atoms with Gasteiger partial charge < -0.3 is 40.5 Å². The second-order valence-corrected chi connectivity index (χ2v) is 16.1. The molecule has 3 aromatic rings. The molecular formula is C43H54N6O8. The SMILES string of the molecule is COC(=O)N[C@H](C(=O)N1CCCCC1C(=O)Nc1ccc(-c2ccc3cc(NC(=O)C45CCC(CN4C(=O)[C@@H](NC(=O)OC)C(C)C)C5)ccc3c2)cc1)C(C)C. The number of hydrogen-bond acceptors (Lipinski definition) is 8. The number of carbonyl (C=O) groups is 6. The predicted octanol–water partition coefficient (Wildman–Crippen LogP) is 5.91. The zero-order chi connectivity index (χ0) is 41.0. The van der Waals surface area contributed by atoms with Gasteiger partial charge in [0.25, 0.3) is 0 Å². The summed E-state index contributed by atoms with van der Waals surface area (Å²) in [6, 6.07) is 17.0. The van der Waals surface area contributed by atoms with E-state index >= 15 is 0 Å². The predicted molar refractivity (Wildman–Crippen MR) is 216 cm³/mol. The minimum atomic E-state index is -0.982. The van der Waals surface area contributed by atoms with E-state index in [2.05, 4.69) is 27.3 Å². The molecule has 3 aliphatic rings. The van der Waals surface area contributed by atoms with Crippen LogP contribution in [0.1, 0.15) is 66.2 Å². The highest BCUT2D eigenvalue weighted by Crippen LogP contribution is 2.47. The molecule has 2 bridgehead atoms. The Morgan fingerprint density at radius 2 is 1.30 bits per heavy atom. The van der Waals surface area contributed by atoms with E-state index < -0.39 is 35.9 Å². The fourth-order valence-corrected chi connectivity index (χ4v) is 8.52. The van der Waals surface area contributed by atoms with Crippen LogP contribution in [0.25, 0.3) is 21.9 Å². The molecular weight excluding hydrogens is 729 g/mol. The molecule has 2 saturated heterocycles. The van der Waals surface area contributed by atoms with Crippen molar-refractivity contribution in [3.05, 3.63) is 60.7 Å². The van der Waals surface area contributed by atoms with E-state index in [4.69, 9.17) is 9.47 Å². The first-order valence-electron chi connectivity index (χ1n) is 19.8. The number of ether oxygens (including phenoxy) is 2. The summed E-state index contributed by atoms with van der Waals surface area (Å²) in [5.41, 5.74) is 2.16. The molecule has 0 radical (unpaired) electrons. The Bertz CT molecular complexity index is 2020. The summed E-state index contributed by atoms with van der Waals surface area (Å²) in [4.78, 5) is 82.1. The van der Waals surface area contributed by atoms with Crippen LogP contribution in [0.3, 0.4) is 0 Å². The highest BCUT2D eigenvalue weighted by molar-refractivity contribution is 6.04. The van der Waals surface area contributed by atoms with Crippen LogP contribution in [0.2, 0.25) is 0 Å². The van der Waals surface area contributed by atoms with Crippen LogP contribution in [-0.4, -0.2) is 96.6 Å². The van der Waals surface area contributed by atoms with Crippen molar-refractivity contribution < 1.29 is 38.2 Å². The number of piperidine rings is 2. The van der Waals surface area contributed by atoms with Crippen LogP contribution < -0.4 is 21.3 Å². The van der Waals surface area contributed by atoms with Crippen molar-refractivity contribution in [1.82, 2.24) is 20.4 Å². The lowest BCUT2D eigenvalue weighted by molar-refractivity contribution is -0.146. The Hall–Kier alpha value is -5.66. The van der Waals surface area contributed by atoms with Gasteiger partial charge in [0.15, 0.2) is 0 Å². The van der Waals surface area contributed by atoms with E-state index in [1.165, 1.54) is 14.2 Å². The summed E-state index contributed by atoms with van der Waals surface area (Å²) in [6.45, 7) is 8.28. The van der Waals surface area contributed by atoms with Crippen molar-refractivity contribution in [2.75, 3.05) is 37.9 Å². The summed E-state index contributed by atoms with van der Waals surface area (Å²) in [5, 5.41) is 13.3. The molecule has 1 saturated carbocycles. The first kappa shape index (κ1) is 41.0. The van der Waals surface area contributed by atoms with Gasteiger partial charge >= 0.3 is 12.2 Å². The van der Waals surface area contributed by atoms with Crippen molar-refractivity contribution in [2.45, 2.75) is 89.9 Å². The number of alkyl carbamates (subject to hydrolysis) is 2. The molecule has 0 spiro atoms. The van der Waals surface area contributed by atoms with Gasteiger partial charge in [-0.15, -0.1) is 0 Å². The summed E-state index contributed by atoms with van der Waals surface area (Å²) in [5.74, 6) is -1.25. The van der Waals surface area contributed by atoms with E-state index in [1.807, 2.05) is 82.3 Å². The van der Waals surface area contributed by atoms with Gasteiger partial charge in [-0.25, -0.2) is 9.59 Å². The molecule has 6 amide bonds. The zero-order valence-electron chi connectivity index (χ0n) is 33.6.